The van der Waals surface area contributed by atoms with E-state index in [4.69, 9.17) is 5.84 Å². The van der Waals surface area contributed by atoms with Gasteiger partial charge in [-0.3, -0.25) is 0 Å². The van der Waals surface area contributed by atoms with Gasteiger partial charge in [-0.25, -0.2) is 24.0 Å². The van der Waals surface area contributed by atoms with E-state index in [-0.39, 0.29) is 10.7 Å². The zero-order valence-electron chi connectivity index (χ0n) is 11.2. The molecule has 4 N–H and O–H groups in total. The first-order valence-electron chi connectivity index (χ1n) is 5.88. The Morgan fingerprint density at radius 3 is 2.63 bits per heavy atom. The van der Waals surface area contributed by atoms with Crippen molar-refractivity contribution in [3.8, 4) is 0 Å². The van der Waals surface area contributed by atoms with Crippen molar-refractivity contribution in [1.82, 2.24) is 9.71 Å². The Labute approximate surface area is 122 Å². The van der Waals surface area contributed by atoms with E-state index in [1.165, 1.54) is 12.3 Å². The highest BCUT2D eigenvalue weighted by molar-refractivity contribution is 9.10. The lowest BCUT2D eigenvalue weighted by Gasteiger charge is -2.25. The molecule has 0 aliphatic carbocycles. The lowest BCUT2D eigenvalue weighted by Crippen LogP contribution is -2.43. The summed E-state index contributed by atoms with van der Waals surface area (Å²) in [6, 6.07) is 1.46. The van der Waals surface area contributed by atoms with Crippen LogP contribution in [-0.2, 0) is 10.0 Å². The Balaban J connectivity index is 3.17. The highest BCUT2D eigenvalue weighted by atomic mass is 79.9. The third kappa shape index (κ3) is 4.41. The van der Waals surface area contributed by atoms with Crippen molar-refractivity contribution in [2.24, 2.45) is 5.84 Å². The van der Waals surface area contributed by atoms with Gasteiger partial charge < -0.3 is 5.43 Å². The number of hydrogen-bond acceptors (Lipinski definition) is 5. The summed E-state index contributed by atoms with van der Waals surface area (Å²) in [5, 5.41) is 0. The molecule has 8 heteroatoms. The van der Waals surface area contributed by atoms with Crippen LogP contribution in [0, 0.1) is 0 Å². The molecule has 0 unspecified atom stereocenters. The van der Waals surface area contributed by atoms with Crippen LogP contribution in [0.3, 0.4) is 0 Å². The van der Waals surface area contributed by atoms with Crippen molar-refractivity contribution >= 4 is 31.8 Å². The lowest BCUT2D eigenvalue weighted by atomic mass is 10.0. The Morgan fingerprint density at radius 2 is 2.11 bits per heavy atom. The maximum atomic E-state index is 12.4. The molecule has 0 spiro atoms. The monoisotopic (exact) mass is 350 g/mol. The van der Waals surface area contributed by atoms with E-state index in [0.717, 1.165) is 12.8 Å². The molecule has 1 rings (SSSR count). The van der Waals surface area contributed by atoms with E-state index in [0.29, 0.717) is 4.47 Å². The minimum Gasteiger partial charge on any atom is -0.307 e. The minimum absolute atomic E-state index is 0.0218. The van der Waals surface area contributed by atoms with Gasteiger partial charge in [0.25, 0.3) is 0 Å². The molecule has 0 saturated carbocycles. The molecule has 1 heterocycles. The molecule has 0 aliphatic rings. The SMILES string of the molecule is CCCC(C)(C)NS(=O)(=O)c1cc(Br)cnc1NN. The number of hydrazine groups is 1. The average molecular weight is 351 g/mol. The third-order valence-electron chi connectivity index (χ3n) is 2.53. The summed E-state index contributed by atoms with van der Waals surface area (Å²) in [5.41, 5.74) is 1.77. The minimum atomic E-state index is -3.69. The summed E-state index contributed by atoms with van der Waals surface area (Å²) in [6.07, 6.45) is 3.10. The second-order valence-corrected chi connectivity index (χ2v) is 7.45. The van der Waals surface area contributed by atoms with Crippen LogP contribution in [0.15, 0.2) is 21.6 Å². The molecule has 0 fully saturated rings. The van der Waals surface area contributed by atoms with Crippen LogP contribution in [0.25, 0.3) is 0 Å². The zero-order valence-corrected chi connectivity index (χ0v) is 13.6. The van der Waals surface area contributed by atoms with E-state index >= 15 is 0 Å². The van der Waals surface area contributed by atoms with E-state index in [1.54, 1.807) is 0 Å². The fourth-order valence-corrected chi connectivity index (χ4v) is 3.90. The van der Waals surface area contributed by atoms with Crippen LogP contribution in [0.2, 0.25) is 0 Å². The molecule has 0 amide bonds. The van der Waals surface area contributed by atoms with Gasteiger partial charge >= 0.3 is 0 Å². The van der Waals surface area contributed by atoms with Crippen LogP contribution >= 0.6 is 15.9 Å². The van der Waals surface area contributed by atoms with Gasteiger partial charge in [0.1, 0.15) is 4.90 Å². The number of rotatable bonds is 6. The first kappa shape index (κ1) is 16.4. The second-order valence-electron chi connectivity index (χ2n) is 4.88. The Kier molecular flexibility index (Phi) is 5.31. The number of nitrogens with two attached hydrogens (primary N) is 1. The molecule has 19 heavy (non-hydrogen) atoms. The van der Waals surface area contributed by atoms with E-state index in [2.05, 4.69) is 31.1 Å². The number of pyridine rings is 1. The van der Waals surface area contributed by atoms with Gasteiger partial charge in [0, 0.05) is 16.2 Å². The standard InChI is InChI=1S/C11H19BrN4O2S/c1-4-5-11(2,3)16-19(17,18)9-6-8(12)7-14-10(9)15-13/h6-7,16H,4-5,13H2,1-3H3,(H,14,15). The van der Waals surface area contributed by atoms with Crippen LogP contribution in [0.4, 0.5) is 5.82 Å². The van der Waals surface area contributed by atoms with Crippen LogP contribution in [0.1, 0.15) is 33.6 Å². The lowest BCUT2D eigenvalue weighted by molar-refractivity contribution is 0.418. The van der Waals surface area contributed by atoms with Crippen molar-refractivity contribution in [3.63, 3.8) is 0 Å². The Bertz CT molecular complexity index is 546. The van der Waals surface area contributed by atoms with Crippen LogP contribution < -0.4 is 16.0 Å². The fourth-order valence-electron chi connectivity index (χ4n) is 1.83. The van der Waals surface area contributed by atoms with Gasteiger partial charge in [0.15, 0.2) is 5.82 Å². The van der Waals surface area contributed by atoms with Gasteiger partial charge in [-0.05, 0) is 42.3 Å². The maximum absolute atomic E-state index is 12.4. The number of nitrogens with one attached hydrogen (secondary N) is 2. The van der Waals surface area contributed by atoms with E-state index < -0.39 is 15.6 Å². The molecule has 0 radical (unpaired) electrons. The number of aromatic nitrogens is 1. The number of hydrogen-bond donors (Lipinski definition) is 3. The summed E-state index contributed by atoms with van der Waals surface area (Å²) in [5.74, 6) is 5.41. The topological polar surface area (TPSA) is 97.1 Å². The molecule has 0 atom stereocenters. The fraction of sp³-hybridized carbons (Fsp3) is 0.545. The van der Waals surface area contributed by atoms with Gasteiger partial charge in [-0.2, -0.15) is 0 Å². The van der Waals surface area contributed by atoms with E-state index in [1.807, 2.05) is 20.8 Å². The molecular formula is C11H19BrN4O2S. The number of nitrogen functional groups attached to an aromatic ring is 1. The molecule has 0 bridgehead atoms. The quantitative estimate of drug-likeness (QED) is 0.538. The average Bonchev–Trinajstić information content (AvgIpc) is 2.27. The summed E-state index contributed by atoms with van der Waals surface area (Å²) in [6.45, 7) is 5.69. The highest BCUT2D eigenvalue weighted by Crippen LogP contribution is 2.24. The van der Waals surface area contributed by atoms with E-state index in [9.17, 15) is 8.42 Å². The van der Waals surface area contributed by atoms with Crippen molar-refractivity contribution in [2.45, 2.75) is 44.0 Å². The molecule has 0 aliphatic heterocycles. The molecule has 0 aromatic carbocycles. The predicted octanol–water partition coefficient (Wildman–Crippen LogP) is 1.99. The Hall–Kier alpha value is -0.700. The van der Waals surface area contributed by atoms with Crippen molar-refractivity contribution < 1.29 is 8.42 Å². The summed E-state index contributed by atoms with van der Waals surface area (Å²) in [4.78, 5) is 3.96. The van der Waals surface area contributed by atoms with Gasteiger partial charge in [-0.15, -0.1) is 0 Å². The molecular weight excluding hydrogens is 332 g/mol. The smallest absolute Gasteiger partial charge is 0.244 e. The Morgan fingerprint density at radius 1 is 1.47 bits per heavy atom. The number of halogens is 1. The number of nitrogens with zero attached hydrogens (tertiary/aromatic N) is 1. The van der Waals surface area contributed by atoms with Gasteiger partial charge in [-0.1, -0.05) is 13.3 Å². The number of anilines is 1. The van der Waals surface area contributed by atoms with Crippen molar-refractivity contribution in [1.29, 1.82) is 0 Å². The summed E-state index contributed by atoms with van der Waals surface area (Å²) in [7, 11) is -3.69. The summed E-state index contributed by atoms with van der Waals surface area (Å²) >= 11 is 3.21. The maximum Gasteiger partial charge on any atom is 0.244 e. The predicted molar refractivity (Wildman–Crippen MR) is 79.1 cm³/mol. The summed E-state index contributed by atoms with van der Waals surface area (Å²) < 4.78 is 28.0. The molecule has 1 aromatic rings. The third-order valence-corrected chi connectivity index (χ3v) is 4.68. The van der Waals surface area contributed by atoms with Crippen molar-refractivity contribution in [3.05, 3.63) is 16.7 Å². The number of sulfonamides is 1. The molecule has 6 nitrogen and oxygen atoms in total. The largest absolute Gasteiger partial charge is 0.307 e. The second kappa shape index (κ2) is 6.17. The van der Waals surface area contributed by atoms with Crippen LogP contribution in [0.5, 0.6) is 0 Å². The molecule has 1 aromatic heterocycles. The van der Waals surface area contributed by atoms with Gasteiger partial charge in [0.05, 0.1) is 0 Å². The molecule has 108 valence electrons. The van der Waals surface area contributed by atoms with Crippen molar-refractivity contribution in [2.75, 3.05) is 5.43 Å². The zero-order chi connectivity index (χ0) is 14.7. The highest BCUT2D eigenvalue weighted by Gasteiger charge is 2.28. The van der Waals surface area contributed by atoms with Gasteiger partial charge in [0.2, 0.25) is 10.0 Å². The normalized spacial score (nSPS) is 12.5. The first-order chi connectivity index (χ1) is 8.72. The first-order valence-corrected chi connectivity index (χ1v) is 8.15. The van der Waals surface area contributed by atoms with Crippen LogP contribution in [-0.4, -0.2) is 18.9 Å². The molecule has 0 saturated heterocycles.